The fraction of sp³-hybridized carbons (Fsp3) is 0.565. The third kappa shape index (κ3) is 10.3. The molecule has 0 radical (unpaired) electrons. The topological polar surface area (TPSA) is 175 Å². The van der Waals surface area contributed by atoms with Gasteiger partial charge in [-0.15, -0.1) is 0 Å². The van der Waals surface area contributed by atoms with Crippen LogP contribution in [0, 0.1) is 16.6 Å². The standard InChI is InChI=1S/C62H75FN10O8/c1-6-38-8-7-9-39-27-45(80-37-78-5)28-47(51(38)39)53-52(63)54-48(29-64-53)55(71-31-42-10-11-43(32-71)73(42)59(77)81-60(2,3)4)67-58(66-54)79-36-62(16-17-62)35-68-22-18-61(19-23-68)20-24-69(25-21-61)44-33-70(34-44)41-12-13-46-40(26-41)30-72(57(46)76)49-14-15-50(74)65-56(49)75/h7-9,12-13,26-29,42-44,49H,6,10-11,14-25,30-37H2,1-5H3,(H,65,74,75). The first kappa shape index (κ1) is 53.6. The Morgan fingerprint density at radius 1 is 0.840 bits per heavy atom. The van der Waals surface area contributed by atoms with Gasteiger partial charge >= 0.3 is 12.1 Å². The summed E-state index contributed by atoms with van der Waals surface area (Å²) in [7, 11) is 1.57. The van der Waals surface area contributed by atoms with Crippen molar-refractivity contribution in [2.75, 3.05) is 89.2 Å². The molecule has 7 aliphatic heterocycles. The van der Waals surface area contributed by atoms with Gasteiger partial charge in [0.15, 0.2) is 12.6 Å². The number of halogens is 1. The van der Waals surface area contributed by atoms with Crippen LogP contribution in [0.3, 0.4) is 0 Å². The molecule has 428 valence electrons. The average Bonchev–Trinajstić information content (AvgIpc) is 4.26. The zero-order chi connectivity index (χ0) is 56.0. The summed E-state index contributed by atoms with van der Waals surface area (Å²) in [5, 5.41) is 4.69. The number of hydrogen-bond donors (Lipinski definition) is 1. The lowest BCUT2D eigenvalue weighted by atomic mass is 9.70. The van der Waals surface area contributed by atoms with Crippen LogP contribution < -0.4 is 24.6 Å². The van der Waals surface area contributed by atoms with E-state index in [0.29, 0.717) is 72.2 Å². The summed E-state index contributed by atoms with van der Waals surface area (Å²) in [5.74, 6) is -0.273. The third-order valence-corrected chi connectivity index (χ3v) is 19.1. The molecule has 9 heterocycles. The Morgan fingerprint density at radius 2 is 1.58 bits per heavy atom. The maximum Gasteiger partial charge on any atom is 0.410 e. The molecule has 18 nitrogen and oxygen atoms in total. The molecule has 8 aliphatic rings. The first-order chi connectivity index (χ1) is 39.1. The van der Waals surface area contributed by atoms with Crippen molar-refractivity contribution < 1.29 is 42.5 Å². The van der Waals surface area contributed by atoms with Crippen LogP contribution in [0.15, 0.2) is 54.7 Å². The van der Waals surface area contributed by atoms with Gasteiger partial charge in [-0.2, -0.15) is 9.97 Å². The van der Waals surface area contributed by atoms with Crippen molar-refractivity contribution in [3.8, 4) is 23.0 Å². The van der Waals surface area contributed by atoms with Crippen molar-refractivity contribution in [1.82, 2.24) is 39.9 Å². The number of nitrogens with zero attached hydrogens (tertiary/aromatic N) is 9. The summed E-state index contributed by atoms with van der Waals surface area (Å²) in [6.07, 6.45) is 11.3. The highest BCUT2D eigenvalue weighted by atomic mass is 19.1. The van der Waals surface area contributed by atoms with Crippen LogP contribution in [0.25, 0.3) is 32.9 Å². The fourth-order valence-electron chi connectivity index (χ4n) is 14.3. The molecule has 13 rings (SSSR count). The SMILES string of the molecule is CCc1cccc2cc(OCOC)cc(-c3ncc4c(N5CC6CCC(C5)N6C(=O)OC(C)(C)C)nc(OCC5(CN6CCC7(CC6)CCN(C6CN(c8ccc9c(c8)CN(C8CCC(=O)NC8=O)C9=O)C6)CC7)CC5)nc4c3F)c12. The Hall–Kier alpha value is -6.70. The molecule has 3 unspecified atom stereocenters. The molecular formula is C62H75FN10O8. The summed E-state index contributed by atoms with van der Waals surface area (Å²) in [4.78, 5) is 79.4. The number of likely N-dealkylation sites (tertiary alicyclic amines) is 2. The van der Waals surface area contributed by atoms with Crippen molar-refractivity contribution in [2.24, 2.45) is 10.8 Å². The molecule has 1 saturated carbocycles. The second-order valence-electron chi connectivity index (χ2n) is 25.5. The van der Waals surface area contributed by atoms with Crippen molar-refractivity contribution in [3.05, 3.63) is 77.2 Å². The summed E-state index contributed by atoms with van der Waals surface area (Å²) in [6, 6.07) is 15.7. The number of piperidine rings is 3. The second kappa shape index (κ2) is 20.9. The van der Waals surface area contributed by atoms with Crippen LogP contribution in [-0.4, -0.2) is 168 Å². The highest BCUT2D eigenvalue weighted by Gasteiger charge is 2.49. The Bertz CT molecular complexity index is 3290. The average molecular weight is 1110 g/mol. The minimum absolute atomic E-state index is 0.0394. The number of amides is 4. The second-order valence-corrected chi connectivity index (χ2v) is 25.5. The van der Waals surface area contributed by atoms with Gasteiger partial charge in [0, 0.05) is 87.3 Å². The lowest BCUT2D eigenvalue weighted by Gasteiger charge is -2.52. The summed E-state index contributed by atoms with van der Waals surface area (Å²) in [5.41, 5.74) is 4.37. The summed E-state index contributed by atoms with van der Waals surface area (Å²) in [6.45, 7) is 16.8. The minimum Gasteiger partial charge on any atom is -0.468 e. The van der Waals surface area contributed by atoms with Gasteiger partial charge in [-0.3, -0.25) is 34.5 Å². The number of aromatic nitrogens is 3. The fourth-order valence-corrected chi connectivity index (χ4v) is 14.3. The Labute approximate surface area is 472 Å². The molecule has 2 aromatic heterocycles. The number of anilines is 2. The van der Waals surface area contributed by atoms with Crippen molar-refractivity contribution in [3.63, 3.8) is 0 Å². The molecule has 4 amide bonds. The predicted molar refractivity (Wildman–Crippen MR) is 304 cm³/mol. The smallest absolute Gasteiger partial charge is 0.410 e. The number of carbonyl (C=O) groups is 4. The molecule has 3 aromatic carbocycles. The van der Waals surface area contributed by atoms with E-state index in [4.69, 9.17) is 33.9 Å². The normalized spacial score (nSPS) is 23.8. The van der Waals surface area contributed by atoms with Crippen LogP contribution >= 0.6 is 0 Å². The van der Waals surface area contributed by atoms with Crippen LogP contribution in [0.1, 0.15) is 113 Å². The Kier molecular flexibility index (Phi) is 13.9. The molecule has 1 aliphatic carbocycles. The molecule has 2 bridgehead atoms. The number of aryl methyl sites for hydroxylation is 1. The van der Waals surface area contributed by atoms with Crippen LogP contribution in [0.2, 0.25) is 0 Å². The molecule has 1 spiro atoms. The molecule has 19 heteroatoms. The first-order valence-electron chi connectivity index (χ1n) is 29.5. The molecule has 6 saturated heterocycles. The van der Waals surface area contributed by atoms with Gasteiger partial charge in [0.25, 0.3) is 5.91 Å². The number of ether oxygens (including phenoxy) is 4. The number of nitrogens with one attached hydrogen (secondary N) is 1. The van der Waals surface area contributed by atoms with Gasteiger partial charge in [-0.25, -0.2) is 9.18 Å². The number of imide groups is 1. The van der Waals surface area contributed by atoms with E-state index in [2.05, 4.69) is 44.0 Å². The van der Waals surface area contributed by atoms with Gasteiger partial charge in [0.05, 0.1) is 24.1 Å². The van der Waals surface area contributed by atoms with Gasteiger partial charge in [0.2, 0.25) is 11.8 Å². The van der Waals surface area contributed by atoms with E-state index in [1.807, 2.05) is 62.1 Å². The molecule has 3 atom stereocenters. The largest absolute Gasteiger partial charge is 0.468 e. The van der Waals surface area contributed by atoms with Crippen molar-refractivity contribution in [1.29, 1.82) is 0 Å². The molecule has 81 heavy (non-hydrogen) atoms. The van der Waals surface area contributed by atoms with Crippen LogP contribution in [0.4, 0.5) is 20.7 Å². The van der Waals surface area contributed by atoms with E-state index < -0.39 is 17.5 Å². The predicted octanol–water partition coefficient (Wildman–Crippen LogP) is 8.10. The lowest BCUT2D eigenvalue weighted by molar-refractivity contribution is -0.136. The number of pyridine rings is 1. The number of rotatable bonds is 14. The van der Waals surface area contributed by atoms with E-state index in [9.17, 15) is 19.2 Å². The summed E-state index contributed by atoms with van der Waals surface area (Å²) >= 11 is 0. The zero-order valence-electron chi connectivity index (χ0n) is 47.4. The highest BCUT2D eigenvalue weighted by Crippen LogP contribution is 2.49. The van der Waals surface area contributed by atoms with Crippen molar-refractivity contribution >= 4 is 57.0 Å². The number of benzene rings is 3. The molecular weight excluding hydrogens is 1030 g/mol. The van der Waals surface area contributed by atoms with E-state index in [1.54, 1.807) is 18.2 Å². The monoisotopic (exact) mass is 1110 g/mol. The van der Waals surface area contributed by atoms with Gasteiger partial charge in [-0.1, -0.05) is 25.1 Å². The van der Waals surface area contributed by atoms with E-state index in [0.717, 1.165) is 106 Å². The lowest BCUT2D eigenvalue weighted by Crippen LogP contribution is -2.62. The minimum atomic E-state index is -0.620. The number of piperazine rings is 1. The number of hydrogen-bond acceptors (Lipinski definition) is 15. The first-order valence-corrected chi connectivity index (χ1v) is 29.5. The highest BCUT2D eigenvalue weighted by molar-refractivity contribution is 6.06. The third-order valence-electron chi connectivity index (χ3n) is 19.1. The van der Waals surface area contributed by atoms with E-state index in [1.165, 1.54) is 25.7 Å². The number of methoxy groups -OCH3 is 1. The van der Waals surface area contributed by atoms with E-state index in [-0.39, 0.29) is 71.7 Å². The van der Waals surface area contributed by atoms with Gasteiger partial charge < -0.3 is 38.5 Å². The maximum atomic E-state index is 17.7. The Morgan fingerprint density at radius 3 is 2.28 bits per heavy atom. The zero-order valence-corrected chi connectivity index (χ0v) is 47.4. The Balaban J connectivity index is 0.669. The molecule has 7 fully saturated rings. The van der Waals surface area contributed by atoms with Crippen LogP contribution in [0.5, 0.6) is 11.8 Å². The van der Waals surface area contributed by atoms with E-state index >= 15 is 4.39 Å². The number of fused-ring (bicyclic) bond motifs is 5. The maximum absolute atomic E-state index is 17.7. The number of carbonyl (C=O) groups excluding carboxylic acids is 4. The van der Waals surface area contributed by atoms with Gasteiger partial charge in [-0.05, 0) is 169 Å². The van der Waals surface area contributed by atoms with Crippen molar-refractivity contribution in [2.45, 2.75) is 135 Å². The summed E-state index contributed by atoms with van der Waals surface area (Å²) < 4.78 is 41.5. The van der Waals surface area contributed by atoms with Gasteiger partial charge in [0.1, 0.15) is 34.4 Å². The molecule has 5 aromatic rings. The molecule has 1 N–H and O–H groups in total. The van der Waals surface area contributed by atoms with Crippen LogP contribution in [-0.2, 0) is 32.0 Å². The quantitative estimate of drug-likeness (QED) is 0.0834.